The zero-order valence-corrected chi connectivity index (χ0v) is 27.8. The van der Waals surface area contributed by atoms with E-state index in [0.717, 1.165) is 9.87 Å². The Bertz CT molecular complexity index is 1550. The lowest BCUT2D eigenvalue weighted by atomic mass is 10.1. The van der Waals surface area contributed by atoms with Gasteiger partial charge in [-0.3, -0.25) is 13.9 Å². The van der Waals surface area contributed by atoms with Crippen LogP contribution in [0.5, 0.6) is 5.75 Å². The van der Waals surface area contributed by atoms with E-state index in [0.29, 0.717) is 27.8 Å². The summed E-state index contributed by atoms with van der Waals surface area (Å²) < 4.78 is 34.3. The number of nitrogens with zero attached hydrogens (tertiary/aromatic N) is 2. The SMILES string of the molecule is CC[C@H](C)NC(=O)[C@H](CC)N(Cc1ccc(Cl)c(Cl)c1)C(=O)CN(c1ccc(OC)c(Cl)c1)S(=O)(=O)c1ccc(C)cc1. The van der Waals surface area contributed by atoms with Gasteiger partial charge in [-0.15, -0.1) is 0 Å². The minimum Gasteiger partial charge on any atom is -0.495 e. The number of nitrogens with one attached hydrogen (secondary N) is 1. The van der Waals surface area contributed by atoms with Gasteiger partial charge in [-0.2, -0.15) is 0 Å². The number of benzene rings is 3. The van der Waals surface area contributed by atoms with Crippen LogP contribution in [0.4, 0.5) is 5.69 Å². The van der Waals surface area contributed by atoms with Crippen molar-refractivity contribution < 1.29 is 22.7 Å². The van der Waals surface area contributed by atoms with Crippen molar-refractivity contribution in [2.45, 2.75) is 64.1 Å². The molecule has 3 rings (SSSR count). The van der Waals surface area contributed by atoms with Crippen LogP contribution in [0.25, 0.3) is 0 Å². The number of aryl methyl sites for hydroxylation is 1. The summed E-state index contributed by atoms with van der Waals surface area (Å²) in [6.07, 6.45) is 0.984. The molecule has 0 aromatic heterocycles. The van der Waals surface area contributed by atoms with Gasteiger partial charge >= 0.3 is 0 Å². The minimum absolute atomic E-state index is 0.00423. The first-order valence-electron chi connectivity index (χ1n) is 13.8. The van der Waals surface area contributed by atoms with E-state index >= 15 is 0 Å². The van der Waals surface area contributed by atoms with Gasteiger partial charge in [0.25, 0.3) is 10.0 Å². The molecule has 0 saturated carbocycles. The average molecular weight is 669 g/mol. The second-order valence-electron chi connectivity index (χ2n) is 10.2. The van der Waals surface area contributed by atoms with E-state index in [1.807, 2.05) is 20.8 Å². The molecule has 232 valence electrons. The monoisotopic (exact) mass is 667 g/mol. The number of carbonyl (C=O) groups excluding carboxylic acids is 2. The fraction of sp³-hybridized carbons (Fsp3) is 0.355. The number of amides is 2. The van der Waals surface area contributed by atoms with Gasteiger partial charge in [-0.05, 0) is 74.7 Å². The van der Waals surface area contributed by atoms with Gasteiger partial charge in [0, 0.05) is 12.6 Å². The van der Waals surface area contributed by atoms with Crippen LogP contribution in [0.1, 0.15) is 44.7 Å². The van der Waals surface area contributed by atoms with E-state index in [9.17, 15) is 18.0 Å². The highest BCUT2D eigenvalue weighted by molar-refractivity contribution is 7.92. The Labute approximate surface area is 268 Å². The van der Waals surface area contributed by atoms with Crippen LogP contribution >= 0.6 is 34.8 Å². The highest BCUT2D eigenvalue weighted by Gasteiger charge is 2.34. The smallest absolute Gasteiger partial charge is 0.264 e. The number of rotatable bonds is 13. The molecule has 2 amide bonds. The van der Waals surface area contributed by atoms with Gasteiger partial charge in [-0.1, -0.05) is 72.4 Å². The first kappa shape index (κ1) is 34.5. The maximum Gasteiger partial charge on any atom is 0.264 e. The molecule has 43 heavy (non-hydrogen) atoms. The van der Waals surface area contributed by atoms with Gasteiger partial charge in [0.2, 0.25) is 11.8 Å². The fourth-order valence-electron chi connectivity index (χ4n) is 4.37. The standard InChI is InChI=1S/C31H36Cl3N3O5S/c1-6-21(4)35-31(39)28(7-2)36(18-22-10-14-25(32)26(33)16-22)30(38)19-37(23-11-15-29(42-5)27(34)17-23)43(40,41)24-12-8-20(3)9-13-24/h8-17,21,28H,6-7,18-19H2,1-5H3,(H,35,39)/t21-,28-/m0/s1. The second-order valence-corrected chi connectivity index (χ2v) is 13.2. The second kappa shape index (κ2) is 15.1. The molecule has 1 N–H and O–H groups in total. The van der Waals surface area contributed by atoms with E-state index in [-0.39, 0.29) is 40.5 Å². The van der Waals surface area contributed by atoms with Crippen LogP contribution in [0.15, 0.2) is 65.6 Å². The molecular weight excluding hydrogens is 633 g/mol. The zero-order valence-electron chi connectivity index (χ0n) is 24.7. The third-order valence-corrected chi connectivity index (χ3v) is 9.86. The molecule has 0 spiro atoms. The molecule has 0 radical (unpaired) electrons. The highest BCUT2D eigenvalue weighted by Crippen LogP contribution is 2.32. The van der Waals surface area contributed by atoms with Crippen molar-refractivity contribution in [3.63, 3.8) is 0 Å². The molecule has 12 heteroatoms. The van der Waals surface area contributed by atoms with Crippen LogP contribution in [-0.2, 0) is 26.2 Å². The molecule has 0 aliphatic heterocycles. The molecule has 0 bridgehead atoms. The van der Waals surface area contributed by atoms with Crippen molar-refractivity contribution in [2.75, 3.05) is 18.0 Å². The third kappa shape index (κ3) is 8.56. The van der Waals surface area contributed by atoms with E-state index < -0.39 is 28.5 Å². The number of halogens is 3. The zero-order chi connectivity index (χ0) is 31.9. The highest BCUT2D eigenvalue weighted by atomic mass is 35.5. The number of sulfonamides is 1. The van der Waals surface area contributed by atoms with Gasteiger partial charge in [0.1, 0.15) is 18.3 Å². The maximum atomic E-state index is 14.2. The number of methoxy groups -OCH3 is 1. The van der Waals surface area contributed by atoms with Crippen molar-refractivity contribution >= 4 is 62.3 Å². The van der Waals surface area contributed by atoms with Crippen molar-refractivity contribution in [1.82, 2.24) is 10.2 Å². The lowest BCUT2D eigenvalue weighted by molar-refractivity contribution is -0.140. The quantitative estimate of drug-likeness (QED) is 0.214. The van der Waals surface area contributed by atoms with Crippen molar-refractivity contribution in [1.29, 1.82) is 0 Å². The minimum atomic E-state index is -4.25. The summed E-state index contributed by atoms with van der Waals surface area (Å²) in [5.74, 6) is -0.594. The summed E-state index contributed by atoms with van der Waals surface area (Å²) in [6, 6.07) is 14.7. The van der Waals surface area contributed by atoms with Gasteiger partial charge < -0.3 is 15.0 Å². The lowest BCUT2D eigenvalue weighted by Gasteiger charge is -2.34. The van der Waals surface area contributed by atoms with Gasteiger partial charge in [0.05, 0.1) is 32.8 Å². The summed E-state index contributed by atoms with van der Waals surface area (Å²) in [4.78, 5) is 29.0. The molecule has 0 saturated heterocycles. The van der Waals surface area contributed by atoms with E-state index in [2.05, 4.69) is 5.32 Å². The summed E-state index contributed by atoms with van der Waals surface area (Å²) in [7, 11) is -2.80. The van der Waals surface area contributed by atoms with E-state index in [1.165, 1.54) is 42.3 Å². The summed E-state index contributed by atoms with van der Waals surface area (Å²) in [5, 5.41) is 3.75. The Balaban J connectivity index is 2.11. The number of hydrogen-bond acceptors (Lipinski definition) is 5. The molecular formula is C31H36Cl3N3O5S. The fourth-order valence-corrected chi connectivity index (χ4v) is 6.35. The molecule has 3 aromatic carbocycles. The predicted molar refractivity (Wildman–Crippen MR) is 173 cm³/mol. The lowest BCUT2D eigenvalue weighted by Crippen LogP contribution is -2.53. The molecule has 0 aliphatic carbocycles. The van der Waals surface area contributed by atoms with E-state index in [1.54, 1.807) is 37.3 Å². The van der Waals surface area contributed by atoms with Gasteiger partial charge in [0.15, 0.2) is 0 Å². The average Bonchev–Trinajstić information content (AvgIpc) is 2.97. The number of hydrogen-bond donors (Lipinski definition) is 1. The summed E-state index contributed by atoms with van der Waals surface area (Å²) in [5.41, 5.74) is 1.66. The van der Waals surface area contributed by atoms with Crippen molar-refractivity contribution in [3.8, 4) is 5.75 Å². The van der Waals surface area contributed by atoms with Gasteiger partial charge in [-0.25, -0.2) is 8.42 Å². The van der Waals surface area contributed by atoms with Crippen LogP contribution in [0.2, 0.25) is 15.1 Å². The Morgan fingerprint density at radius 2 is 1.58 bits per heavy atom. The van der Waals surface area contributed by atoms with Crippen molar-refractivity contribution in [3.05, 3.63) is 86.9 Å². The molecule has 2 atom stereocenters. The van der Waals surface area contributed by atoms with Crippen LogP contribution in [0, 0.1) is 6.92 Å². The maximum absolute atomic E-state index is 14.2. The molecule has 8 nitrogen and oxygen atoms in total. The first-order valence-corrected chi connectivity index (χ1v) is 16.4. The number of carbonyl (C=O) groups is 2. The van der Waals surface area contributed by atoms with E-state index in [4.69, 9.17) is 39.5 Å². The molecule has 0 heterocycles. The third-order valence-electron chi connectivity index (χ3n) is 7.04. The van der Waals surface area contributed by atoms with Crippen LogP contribution in [-0.4, -0.2) is 50.9 Å². The molecule has 0 aliphatic rings. The normalized spacial score (nSPS) is 12.7. The Morgan fingerprint density at radius 3 is 2.14 bits per heavy atom. The Hall–Kier alpha value is -2.98. The Kier molecular flexibility index (Phi) is 12.2. The summed E-state index contributed by atoms with van der Waals surface area (Å²) in [6.45, 7) is 6.84. The van der Waals surface area contributed by atoms with Crippen molar-refractivity contribution in [2.24, 2.45) is 0 Å². The summed E-state index contributed by atoms with van der Waals surface area (Å²) >= 11 is 18.8. The van der Waals surface area contributed by atoms with Crippen LogP contribution in [0.3, 0.4) is 0 Å². The molecule has 3 aromatic rings. The van der Waals surface area contributed by atoms with Crippen LogP contribution < -0.4 is 14.4 Å². The number of ether oxygens (including phenoxy) is 1. The number of anilines is 1. The predicted octanol–water partition coefficient (Wildman–Crippen LogP) is 6.88. The molecule has 0 fully saturated rings. The Morgan fingerprint density at radius 1 is 0.907 bits per heavy atom. The first-order chi connectivity index (χ1) is 20.3. The largest absolute Gasteiger partial charge is 0.495 e. The molecule has 0 unspecified atom stereocenters. The topological polar surface area (TPSA) is 96.0 Å².